The summed E-state index contributed by atoms with van der Waals surface area (Å²) in [6, 6.07) is 14.4. The molecule has 0 spiro atoms. The van der Waals surface area contributed by atoms with Gasteiger partial charge in [0, 0.05) is 5.56 Å². The van der Waals surface area contributed by atoms with Crippen LogP contribution >= 0.6 is 0 Å². The SMILES string of the molecule is CCc1ccc(NC(=O)C2(c3ccc4c(c3)OC(F)(F)O4)CC2)nc1-c1ccc(C(=O)O)cc1. The quantitative estimate of drug-likeness (QED) is 0.531. The second-order valence-corrected chi connectivity index (χ2v) is 8.31. The fourth-order valence-corrected chi connectivity index (χ4v) is 4.12. The third-order valence-corrected chi connectivity index (χ3v) is 6.15. The summed E-state index contributed by atoms with van der Waals surface area (Å²) in [4.78, 5) is 29.0. The highest BCUT2D eigenvalue weighted by molar-refractivity contribution is 6.01. The number of amides is 1. The lowest BCUT2D eigenvalue weighted by molar-refractivity contribution is -0.286. The molecule has 0 saturated heterocycles. The number of alkyl halides is 2. The summed E-state index contributed by atoms with van der Waals surface area (Å²) in [5.74, 6) is -1.13. The smallest absolute Gasteiger partial charge is 0.478 e. The number of nitrogens with one attached hydrogen (secondary N) is 1. The molecule has 2 heterocycles. The number of hydrogen-bond acceptors (Lipinski definition) is 5. The van der Waals surface area contributed by atoms with E-state index >= 15 is 0 Å². The monoisotopic (exact) mass is 466 g/mol. The van der Waals surface area contributed by atoms with Gasteiger partial charge in [-0.3, -0.25) is 4.79 Å². The number of carboxylic acids is 1. The van der Waals surface area contributed by atoms with Crippen LogP contribution in [0.1, 0.15) is 41.3 Å². The number of pyridine rings is 1. The summed E-state index contributed by atoms with van der Waals surface area (Å²) in [5, 5.41) is 12.0. The molecule has 7 nitrogen and oxygen atoms in total. The molecular weight excluding hydrogens is 446 g/mol. The van der Waals surface area contributed by atoms with Crippen LogP contribution in [0.3, 0.4) is 0 Å². The van der Waals surface area contributed by atoms with E-state index in [0.717, 1.165) is 11.1 Å². The van der Waals surface area contributed by atoms with E-state index < -0.39 is 17.7 Å². The van der Waals surface area contributed by atoms with Crippen molar-refractivity contribution in [1.29, 1.82) is 0 Å². The molecule has 2 aromatic carbocycles. The van der Waals surface area contributed by atoms with Crippen molar-refractivity contribution in [1.82, 2.24) is 4.98 Å². The summed E-state index contributed by atoms with van der Waals surface area (Å²) in [6.45, 7) is 1.98. The Balaban J connectivity index is 1.40. The van der Waals surface area contributed by atoms with Gasteiger partial charge >= 0.3 is 12.3 Å². The molecule has 0 bridgehead atoms. The van der Waals surface area contributed by atoms with E-state index in [-0.39, 0.29) is 23.0 Å². The van der Waals surface area contributed by atoms with Crippen molar-refractivity contribution in [3.05, 3.63) is 71.3 Å². The van der Waals surface area contributed by atoms with Gasteiger partial charge in [-0.15, -0.1) is 8.78 Å². The van der Waals surface area contributed by atoms with Gasteiger partial charge in [0.15, 0.2) is 11.5 Å². The number of aromatic nitrogens is 1. The predicted molar refractivity (Wildman–Crippen MR) is 118 cm³/mol. The molecule has 3 aromatic rings. The predicted octanol–water partition coefficient (Wildman–Crippen LogP) is 5.00. The fraction of sp³-hybridized carbons (Fsp3) is 0.240. The maximum Gasteiger partial charge on any atom is 0.586 e. The molecule has 174 valence electrons. The van der Waals surface area contributed by atoms with Crippen LogP contribution in [-0.4, -0.2) is 28.3 Å². The van der Waals surface area contributed by atoms with E-state index in [1.54, 1.807) is 24.3 Å². The van der Waals surface area contributed by atoms with E-state index in [9.17, 15) is 18.4 Å². The van der Waals surface area contributed by atoms with Crippen LogP contribution in [0.5, 0.6) is 11.5 Å². The molecule has 1 amide bonds. The third-order valence-electron chi connectivity index (χ3n) is 6.15. The van der Waals surface area contributed by atoms with Gasteiger partial charge in [-0.1, -0.05) is 31.2 Å². The molecule has 2 N–H and O–H groups in total. The van der Waals surface area contributed by atoms with Crippen LogP contribution in [-0.2, 0) is 16.6 Å². The number of carbonyl (C=O) groups is 2. The summed E-state index contributed by atoms with van der Waals surface area (Å²) in [7, 11) is 0. The Morgan fingerprint density at radius 3 is 2.38 bits per heavy atom. The highest BCUT2D eigenvalue weighted by Crippen LogP contribution is 2.52. The first-order valence-corrected chi connectivity index (χ1v) is 10.8. The van der Waals surface area contributed by atoms with Crippen molar-refractivity contribution in [2.75, 3.05) is 5.32 Å². The standard InChI is InChI=1S/C25H20F2N2O5/c1-2-14-7-10-20(28-21(14)15-3-5-16(6-4-15)22(30)31)29-23(32)24(11-12-24)17-8-9-18-19(13-17)34-25(26,27)33-18/h3-10,13H,2,11-12H2,1H3,(H,30,31)(H,28,29,32). The first-order valence-electron chi connectivity index (χ1n) is 10.8. The highest BCUT2D eigenvalue weighted by atomic mass is 19.3. The largest absolute Gasteiger partial charge is 0.586 e. The minimum Gasteiger partial charge on any atom is -0.478 e. The Hall–Kier alpha value is -4.01. The first-order chi connectivity index (χ1) is 16.2. The maximum absolute atomic E-state index is 13.4. The lowest BCUT2D eigenvalue weighted by Gasteiger charge is -2.17. The van der Waals surface area contributed by atoms with E-state index in [1.165, 1.54) is 24.3 Å². The number of aromatic carboxylic acids is 1. The zero-order chi connectivity index (χ0) is 24.1. The van der Waals surface area contributed by atoms with Gasteiger partial charge < -0.3 is 19.9 Å². The Morgan fingerprint density at radius 2 is 1.74 bits per heavy atom. The molecule has 1 fully saturated rings. The van der Waals surface area contributed by atoms with Crippen molar-refractivity contribution in [2.24, 2.45) is 0 Å². The summed E-state index contributed by atoms with van der Waals surface area (Å²) in [6.07, 6.45) is -1.90. The normalized spacial score (nSPS) is 16.7. The Kier molecular flexibility index (Phi) is 5.00. The minimum atomic E-state index is -3.72. The third kappa shape index (κ3) is 3.83. The second-order valence-electron chi connectivity index (χ2n) is 8.31. The number of rotatable bonds is 6. The molecule has 1 saturated carbocycles. The number of nitrogens with zero attached hydrogens (tertiary/aromatic N) is 1. The van der Waals surface area contributed by atoms with Crippen LogP contribution < -0.4 is 14.8 Å². The molecule has 1 aromatic heterocycles. The highest BCUT2D eigenvalue weighted by Gasteiger charge is 2.53. The van der Waals surface area contributed by atoms with Crippen molar-refractivity contribution < 1.29 is 33.0 Å². The molecule has 2 aliphatic rings. The number of hydrogen-bond donors (Lipinski definition) is 2. The second kappa shape index (κ2) is 7.79. The zero-order valence-electron chi connectivity index (χ0n) is 18.1. The Bertz CT molecular complexity index is 1300. The zero-order valence-corrected chi connectivity index (χ0v) is 18.1. The number of halogens is 2. The van der Waals surface area contributed by atoms with Crippen molar-refractivity contribution in [3.63, 3.8) is 0 Å². The minimum absolute atomic E-state index is 0.0691. The van der Waals surface area contributed by atoms with Crippen LogP contribution in [0.4, 0.5) is 14.6 Å². The number of fused-ring (bicyclic) bond motifs is 1. The average molecular weight is 466 g/mol. The number of benzene rings is 2. The van der Waals surface area contributed by atoms with Gasteiger partial charge in [0.1, 0.15) is 5.82 Å². The van der Waals surface area contributed by atoms with E-state index in [1.807, 2.05) is 13.0 Å². The van der Waals surface area contributed by atoms with Crippen LogP contribution in [0, 0.1) is 0 Å². The van der Waals surface area contributed by atoms with Crippen molar-refractivity contribution >= 4 is 17.7 Å². The summed E-state index contributed by atoms with van der Waals surface area (Å²) < 4.78 is 35.7. The topological polar surface area (TPSA) is 97.8 Å². The van der Waals surface area contributed by atoms with E-state index in [0.29, 0.717) is 36.3 Å². The molecule has 0 radical (unpaired) electrons. The molecule has 9 heteroatoms. The Morgan fingerprint density at radius 1 is 1.03 bits per heavy atom. The van der Waals surface area contributed by atoms with Crippen molar-refractivity contribution in [3.8, 4) is 22.8 Å². The molecular formula is C25H20F2N2O5. The van der Waals surface area contributed by atoms with Crippen molar-refractivity contribution in [2.45, 2.75) is 37.9 Å². The lowest BCUT2D eigenvalue weighted by atomic mass is 9.94. The van der Waals surface area contributed by atoms with Gasteiger partial charge in [0.25, 0.3) is 0 Å². The van der Waals surface area contributed by atoms with Crippen LogP contribution in [0.15, 0.2) is 54.6 Å². The van der Waals surface area contributed by atoms with Crippen LogP contribution in [0.25, 0.3) is 11.3 Å². The first kappa shape index (κ1) is 21.8. The van der Waals surface area contributed by atoms with E-state index in [4.69, 9.17) is 5.11 Å². The number of carbonyl (C=O) groups excluding carboxylic acids is 1. The van der Waals surface area contributed by atoms with E-state index in [2.05, 4.69) is 19.8 Å². The average Bonchev–Trinajstić information content (AvgIpc) is 3.56. The van der Waals surface area contributed by atoms with Gasteiger partial charge in [-0.2, -0.15) is 0 Å². The molecule has 0 unspecified atom stereocenters. The van der Waals surface area contributed by atoms with Gasteiger partial charge in [0.2, 0.25) is 5.91 Å². The lowest BCUT2D eigenvalue weighted by Crippen LogP contribution is -2.28. The Labute approximate surface area is 193 Å². The van der Waals surface area contributed by atoms with Gasteiger partial charge in [-0.25, -0.2) is 9.78 Å². The summed E-state index contributed by atoms with van der Waals surface area (Å²) >= 11 is 0. The summed E-state index contributed by atoms with van der Waals surface area (Å²) in [5.41, 5.74) is 2.20. The molecule has 34 heavy (non-hydrogen) atoms. The van der Waals surface area contributed by atoms with Gasteiger partial charge in [-0.05, 0) is 60.7 Å². The maximum atomic E-state index is 13.4. The number of carboxylic acid groups (broad SMARTS) is 1. The molecule has 1 aliphatic carbocycles. The van der Waals surface area contributed by atoms with Crippen LogP contribution in [0.2, 0.25) is 0 Å². The fourth-order valence-electron chi connectivity index (χ4n) is 4.12. The number of anilines is 1. The number of ether oxygens (including phenoxy) is 2. The number of aryl methyl sites for hydroxylation is 1. The van der Waals surface area contributed by atoms with Gasteiger partial charge in [0.05, 0.1) is 16.7 Å². The molecule has 5 rings (SSSR count). The molecule has 1 aliphatic heterocycles. The molecule has 0 atom stereocenters.